The SMILES string of the molecule is O=C([C@H]1CCc2c(sc3ncnc(Nc4ccc5[nH]ncc5c4)c23)C1)N1CCN(C(=O)N2CCCC2)CC1. The molecule has 0 unspecified atom stereocenters. The van der Waals surface area contributed by atoms with Crippen LogP contribution in [0.2, 0.25) is 0 Å². The third kappa shape index (κ3) is 4.14. The number of aryl methyl sites for hydroxylation is 1. The summed E-state index contributed by atoms with van der Waals surface area (Å²) in [5.74, 6) is 1.00. The summed E-state index contributed by atoms with van der Waals surface area (Å²) in [5.41, 5.74) is 3.21. The molecule has 3 amide bonds. The van der Waals surface area contributed by atoms with Crippen molar-refractivity contribution in [3.8, 4) is 0 Å². The van der Waals surface area contributed by atoms with Crippen LogP contribution in [0.25, 0.3) is 21.1 Å². The molecule has 0 spiro atoms. The summed E-state index contributed by atoms with van der Waals surface area (Å²) in [6, 6.07) is 6.21. The number of likely N-dealkylation sites (tertiary alicyclic amines) is 1. The number of nitrogens with one attached hydrogen (secondary N) is 2. The maximum absolute atomic E-state index is 13.5. The minimum atomic E-state index is -0.0238. The summed E-state index contributed by atoms with van der Waals surface area (Å²) in [6.07, 6.45) is 8.00. The van der Waals surface area contributed by atoms with Crippen molar-refractivity contribution in [2.45, 2.75) is 32.1 Å². The Labute approximate surface area is 224 Å². The molecule has 1 atom stereocenters. The molecule has 2 aliphatic heterocycles. The van der Waals surface area contributed by atoms with E-state index < -0.39 is 0 Å². The number of hydrogen-bond acceptors (Lipinski definition) is 7. The van der Waals surface area contributed by atoms with Gasteiger partial charge in [0.15, 0.2) is 0 Å². The van der Waals surface area contributed by atoms with E-state index in [0.29, 0.717) is 26.2 Å². The predicted octanol–water partition coefficient (Wildman–Crippen LogP) is 3.78. The lowest BCUT2D eigenvalue weighted by Crippen LogP contribution is -2.54. The summed E-state index contributed by atoms with van der Waals surface area (Å²) in [7, 11) is 0. The van der Waals surface area contributed by atoms with Crippen LogP contribution in [-0.2, 0) is 17.6 Å². The van der Waals surface area contributed by atoms with Gasteiger partial charge in [0, 0.05) is 61.1 Å². The molecule has 11 heteroatoms. The molecule has 2 saturated heterocycles. The van der Waals surface area contributed by atoms with Crippen LogP contribution in [0.15, 0.2) is 30.7 Å². The fraction of sp³-hybridized carbons (Fsp3) is 0.444. The van der Waals surface area contributed by atoms with Crippen LogP contribution in [0.3, 0.4) is 0 Å². The van der Waals surface area contributed by atoms with E-state index in [9.17, 15) is 9.59 Å². The van der Waals surface area contributed by atoms with Crippen LogP contribution >= 0.6 is 11.3 Å². The molecule has 0 saturated carbocycles. The van der Waals surface area contributed by atoms with E-state index in [4.69, 9.17) is 0 Å². The number of carbonyl (C=O) groups is 2. The molecule has 2 fully saturated rings. The highest BCUT2D eigenvalue weighted by atomic mass is 32.1. The monoisotopic (exact) mass is 530 g/mol. The number of hydrogen-bond donors (Lipinski definition) is 2. The highest BCUT2D eigenvalue weighted by Crippen LogP contribution is 2.41. The van der Waals surface area contributed by atoms with E-state index in [1.165, 1.54) is 10.4 Å². The maximum atomic E-state index is 13.5. The largest absolute Gasteiger partial charge is 0.340 e. The van der Waals surface area contributed by atoms with Gasteiger partial charge in [0.2, 0.25) is 5.91 Å². The number of anilines is 2. The number of piperazine rings is 1. The van der Waals surface area contributed by atoms with Crippen molar-refractivity contribution < 1.29 is 9.59 Å². The lowest BCUT2D eigenvalue weighted by molar-refractivity contribution is -0.137. The second-order valence-corrected chi connectivity index (χ2v) is 11.5. The molecule has 38 heavy (non-hydrogen) atoms. The van der Waals surface area contributed by atoms with Crippen LogP contribution in [0.5, 0.6) is 0 Å². The molecule has 3 aliphatic rings. The predicted molar refractivity (Wildman–Crippen MR) is 147 cm³/mol. The Kier molecular flexibility index (Phi) is 5.87. The zero-order chi connectivity index (χ0) is 25.6. The first kappa shape index (κ1) is 23.4. The molecule has 1 aliphatic carbocycles. The molecular weight excluding hydrogens is 500 g/mol. The van der Waals surface area contributed by atoms with E-state index in [-0.39, 0.29) is 17.9 Å². The summed E-state index contributed by atoms with van der Waals surface area (Å²) < 4.78 is 0. The zero-order valence-electron chi connectivity index (χ0n) is 21.2. The van der Waals surface area contributed by atoms with Crippen molar-refractivity contribution in [3.63, 3.8) is 0 Å². The van der Waals surface area contributed by atoms with E-state index in [1.54, 1.807) is 17.7 Å². The summed E-state index contributed by atoms with van der Waals surface area (Å²) in [6.45, 7) is 4.20. The smallest absolute Gasteiger partial charge is 0.320 e. The number of amides is 3. The van der Waals surface area contributed by atoms with Crippen molar-refractivity contribution >= 4 is 55.9 Å². The van der Waals surface area contributed by atoms with Gasteiger partial charge >= 0.3 is 6.03 Å². The molecule has 196 valence electrons. The number of nitrogens with zero attached hydrogens (tertiary/aromatic N) is 6. The maximum Gasteiger partial charge on any atom is 0.320 e. The number of thiophene rings is 1. The molecule has 2 N–H and O–H groups in total. The lowest BCUT2D eigenvalue weighted by atomic mass is 9.86. The first-order valence-electron chi connectivity index (χ1n) is 13.4. The third-order valence-electron chi connectivity index (χ3n) is 8.14. The van der Waals surface area contributed by atoms with Gasteiger partial charge in [0.05, 0.1) is 17.1 Å². The Bertz CT molecular complexity index is 1520. The number of H-pyrrole nitrogens is 1. The van der Waals surface area contributed by atoms with Crippen LogP contribution < -0.4 is 5.32 Å². The fourth-order valence-corrected chi connectivity index (χ4v) is 7.32. The van der Waals surface area contributed by atoms with Gasteiger partial charge in [-0.1, -0.05) is 0 Å². The summed E-state index contributed by atoms with van der Waals surface area (Å²) in [4.78, 5) is 43.4. The second kappa shape index (κ2) is 9.54. The number of urea groups is 1. The van der Waals surface area contributed by atoms with Gasteiger partial charge in [-0.15, -0.1) is 11.3 Å². The summed E-state index contributed by atoms with van der Waals surface area (Å²) in [5, 5.41) is 12.7. The number of fused-ring (bicyclic) bond motifs is 4. The quantitative estimate of drug-likeness (QED) is 0.417. The molecule has 7 rings (SSSR count). The number of rotatable bonds is 3. The molecule has 0 radical (unpaired) electrons. The number of aromatic nitrogens is 4. The number of aromatic amines is 1. The van der Waals surface area contributed by atoms with Crippen molar-refractivity contribution in [2.24, 2.45) is 5.92 Å². The van der Waals surface area contributed by atoms with Gasteiger partial charge in [-0.25, -0.2) is 14.8 Å². The van der Waals surface area contributed by atoms with E-state index in [1.807, 2.05) is 33.0 Å². The van der Waals surface area contributed by atoms with Crippen LogP contribution in [0, 0.1) is 5.92 Å². The van der Waals surface area contributed by atoms with E-state index in [0.717, 1.165) is 77.8 Å². The molecule has 1 aromatic carbocycles. The first-order valence-corrected chi connectivity index (χ1v) is 14.2. The molecule has 10 nitrogen and oxygen atoms in total. The van der Waals surface area contributed by atoms with Crippen molar-refractivity contribution in [3.05, 3.63) is 41.2 Å². The minimum Gasteiger partial charge on any atom is -0.340 e. The van der Waals surface area contributed by atoms with Crippen molar-refractivity contribution in [1.82, 2.24) is 34.9 Å². The number of carbonyl (C=O) groups excluding carboxylic acids is 2. The zero-order valence-corrected chi connectivity index (χ0v) is 22.0. The van der Waals surface area contributed by atoms with Crippen LogP contribution in [-0.4, -0.2) is 86.1 Å². The average molecular weight is 531 g/mol. The van der Waals surface area contributed by atoms with Gasteiger partial charge in [0.1, 0.15) is 17.0 Å². The second-order valence-electron chi connectivity index (χ2n) is 10.4. The minimum absolute atomic E-state index is 0.0238. The Morgan fingerprint density at radius 1 is 1.00 bits per heavy atom. The third-order valence-corrected chi connectivity index (χ3v) is 9.30. The van der Waals surface area contributed by atoms with Crippen molar-refractivity contribution in [1.29, 1.82) is 0 Å². The molecule has 4 aromatic rings. The van der Waals surface area contributed by atoms with E-state index >= 15 is 0 Å². The van der Waals surface area contributed by atoms with Crippen LogP contribution in [0.4, 0.5) is 16.3 Å². The van der Waals surface area contributed by atoms with Gasteiger partial charge < -0.3 is 20.0 Å². The molecular formula is C27H30N8O2S. The highest BCUT2D eigenvalue weighted by Gasteiger charge is 2.34. The summed E-state index contributed by atoms with van der Waals surface area (Å²) >= 11 is 1.68. The molecule has 5 heterocycles. The van der Waals surface area contributed by atoms with Gasteiger partial charge in [-0.2, -0.15) is 5.10 Å². The highest BCUT2D eigenvalue weighted by molar-refractivity contribution is 7.19. The molecule has 3 aromatic heterocycles. The van der Waals surface area contributed by atoms with Gasteiger partial charge in [-0.3, -0.25) is 9.89 Å². The average Bonchev–Trinajstić information content (AvgIpc) is 3.72. The lowest BCUT2D eigenvalue weighted by Gasteiger charge is -2.38. The Morgan fingerprint density at radius 3 is 2.63 bits per heavy atom. The number of benzene rings is 1. The standard InChI is InChI=1S/C27H30N8O2S/c36-26(33-9-11-35(12-10-33)27(37)34-7-1-2-8-34)17-3-5-20-22(14-17)38-25-23(20)24(28-16-29-25)31-19-4-6-21-18(13-19)15-30-32-21/h4,6,13,15-17H,1-3,5,7-12,14H2,(H,30,32)(H,28,29,31)/t17-/m0/s1. The van der Waals surface area contributed by atoms with Crippen molar-refractivity contribution in [2.75, 3.05) is 44.6 Å². The molecule has 0 bridgehead atoms. The first-order chi connectivity index (χ1) is 18.6. The topological polar surface area (TPSA) is 110 Å². The Balaban J connectivity index is 1.05. The Morgan fingerprint density at radius 2 is 1.79 bits per heavy atom. The van der Waals surface area contributed by atoms with Gasteiger partial charge in [-0.05, 0) is 55.9 Å². The Hall–Kier alpha value is -3.73. The fourth-order valence-electron chi connectivity index (χ4n) is 6.06. The van der Waals surface area contributed by atoms with Crippen LogP contribution in [0.1, 0.15) is 29.7 Å². The van der Waals surface area contributed by atoms with Gasteiger partial charge in [0.25, 0.3) is 0 Å². The normalized spacial score (nSPS) is 19.8. The van der Waals surface area contributed by atoms with E-state index in [2.05, 4.69) is 31.5 Å².